The minimum atomic E-state index is -0.113. The maximum Gasteiger partial charge on any atom is 0.242 e. The van der Waals surface area contributed by atoms with Crippen LogP contribution in [0.5, 0.6) is 0 Å². The minimum absolute atomic E-state index is 0.113. The van der Waals surface area contributed by atoms with E-state index in [9.17, 15) is 4.79 Å². The Morgan fingerprint density at radius 3 is 2.75 bits per heavy atom. The highest BCUT2D eigenvalue weighted by molar-refractivity contribution is 5.82. The molecule has 1 amide bonds. The molecule has 0 radical (unpaired) electrons. The van der Waals surface area contributed by atoms with Crippen LogP contribution in [0.2, 0.25) is 0 Å². The van der Waals surface area contributed by atoms with Gasteiger partial charge in [0.15, 0.2) is 0 Å². The third-order valence-corrected chi connectivity index (χ3v) is 0.691. The average molecular weight is 113 g/mol. The number of carbonyl (C=O) groups is 1. The van der Waals surface area contributed by atoms with Gasteiger partial charge in [-0.05, 0) is 6.42 Å². The first-order valence-corrected chi connectivity index (χ1v) is 2.80. The molecule has 0 aromatic carbocycles. The van der Waals surface area contributed by atoms with Crippen molar-refractivity contribution in [1.82, 2.24) is 0 Å². The molecule has 0 unspecified atom stereocenters. The molecule has 0 aromatic heterocycles. The molecule has 0 saturated carbocycles. The number of nitrogens with zero attached hydrogens (tertiary/aromatic N) is 1. The Balaban J connectivity index is 3.20. The van der Waals surface area contributed by atoms with Gasteiger partial charge in [-0.15, -0.1) is 0 Å². The SMILES string of the molecule is CCCC=NC(C)=O. The Hall–Kier alpha value is -0.660. The summed E-state index contributed by atoms with van der Waals surface area (Å²) in [6.07, 6.45) is 3.61. The van der Waals surface area contributed by atoms with E-state index in [0.29, 0.717) is 0 Å². The van der Waals surface area contributed by atoms with Crippen LogP contribution >= 0.6 is 0 Å². The van der Waals surface area contributed by atoms with Gasteiger partial charge in [0.2, 0.25) is 5.91 Å². The first-order valence-electron chi connectivity index (χ1n) is 2.80. The molecule has 0 aliphatic rings. The van der Waals surface area contributed by atoms with Gasteiger partial charge in [-0.1, -0.05) is 13.3 Å². The van der Waals surface area contributed by atoms with E-state index in [0.717, 1.165) is 12.8 Å². The van der Waals surface area contributed by atoms with Crippen molar-refractivity contribution in [1.29, 1.82) is 0 Å². The third kappa shape index (κ3) is 5.34. The van der Waals surface area contributed by atoms with Crippen molar-refractivity contribution >= 4 is 12.1 Å². The second kappa shape index (κ2) is 4.50. The van der Waals surface area contributed by atoms with Gasteiger partial charge in [-0.3, -0.25) is 4.79 Å². The molecule has 0 fully saturated rings. The lowest BCUT2D eigenvalue weighted by Crippen LogP contribution is -1.82. The topological polar surface area (TPSA) is 29.4 Å². The summed E-state index contributed by atoms with van der Waals surface area (Å²) in [7, 11) is 0. The van der Waals surface area contributed by atoms with E-state index >= 15 is 0 Å². The van der Waals surface area contributed by atoms with Crippen molar-refractivity contribution < 1.29 is 4.79 Å². The molecule has 0 aliphatic carbocycles. The van der Waals surface area contributed by atoms with Crippen LogP contribution in [-0.2, 0) is 4.79 Å². The minimum Gasteiger partial charge on any atom is -0.273 e. The number of hydrogen-bond donors (Lipinski definition) is 0. The van der Waals surface area contributed by atoms with E-state index in [1.165, 1.54) is 6.92 Å². The van der Waals surface area contributed by atoms with Crippen molar-refractivity contribution in [3.05, 3.63) is 0 Å². The normalized spacial score (nSPS) is 10.2. The lowest BCUT2D eigenvalue weighted by Gasteiger charge is -1.79. The lowest BCUT2D eigenvalue weighted by molar-refractivity contribution is -0.115. The molecule has 0 spiro atoms. The molecular formula is C6H11NO. The van der Waals surface area contributed by atoms with Crippen molar-refractivity contribution in [2.24, 2.45) is 4.99 Å². The Morgan fingerprint density at radius 2 is 2.38 bits per heavy atom. The highest BCUT2D eigenvalue weighted by Crippen LogP contribution is 1.80. The Morgan fingerprint density at radius 1 is 1.75 bits per heavy atom. The Labute approximate surface area is 49.6 Å². The zero-order valence-corrected chi connectivity index (χ0v) is 5.35. The van der Waals surface area contributed by atoms with Gasteiger partial charge in [0.1, 0.15) is 0 Å². The van der Waals surface area contributed by atoms with Crippen LogP contribution in [0.3, 0.4) is 0 Å². The molecule has 0 bridgehead atoms. The maximum atomic E-state index is 10.1. The first-order chi connectivity index (χ1) is 3.77. The van der Waals surface area contributed by atoms with Crippen molar-refractivity contribution in [3.8, 4) is 0 Å². The summed E-state index contributed by atoms with van der Waals surface area (Å²) in [5.41, 5.74) is 0. The summed E-state index contributed by atoms with van der Waals surface area (Å²) in [5, 5.41) is 0. The predicted molar refractivity (Wildman–Crippen MR) is 34.1 cm³/mol. The molecule has 46 valence electrons. The van der Waals surface area contributed by atoms with Gasteiger partial charge < -0.3 is 0 Å². The van der Waals surface area contributed by atoms with Crippen LogP contribution in [-0.4, -0.2) is 12.1 Å². The number of unbranched alkanes of at least 4 members (excludes halogenated alkanes) is 1. The zero-order chi connectivity index (χ0) is 6.41. The second-order valence-corrected chi connectivity index (χ2v) is 1.62. The monoisotopic (exact) mass is 113 g/mol. The quantitative estimate of drug-likeness (QED) is 0.498. The number of rotatable bonds is 2. The molecular weight excluding hydrogens is 102 g/mol. The Bertz CT molecular complexity index is 96.7. The summed E-state index contributed by atoms with van der Waals surface area (Å²) in [5.74, 6) is -0.113. The van der Waals surface area contributed by atoms with Gasteiger partial charge in [0, 0.05) is 13.1 Å². The second-order valence-electron chi connectivity index (χ2n) is 1.62. The van der Waals surface area contributed by atoms with Crippen LogP contribution in [0, 0.1) is 0 Å². The molecule has 0 aliphatic heterocycles. The Kier molecular flexibility index (Phi) is 4.13. The molecule has 0 heterocycles. The highest BCUT2D eigenvalue weighted by atomic mass is 16.1. The largest absolute Gasteiger partial charge is 0.273 e. The average Bonchev–Trinajstić information content (AvgIpc) is 1.66. The number of amides is 1. The third-order valence-electron chi connectivity index (χ3n) is 0.691. The summed E-state index contributed by atoms with van der Waals surface area (Å²) in [6.45, 7) is 3.50. The van der Waals surface area contributed by atoms with Crippen LogP contribution < -0.4 is 0 Å². The summed E-state index contributed by atoms with van der Waals surface area (Å²) >= 11 is 0. The molecule has 8 heavy (non-hydrogen) atoms. The fourth-order valence-corrected chi connectivity index (χ4v) is 0.322. The highest BCUT2D eigenvalue weighted by Gasteiger charge is 1.78. The van der Waals surface area contributed by atoms with Gasteiger partial charge >= 0.3 is 0 Å². The molecule has 0 aromatic rings. The molecule has 0 N–H and O–H groups in total. The van der Waals surface area contributed by atoms with Crippen LogP contribution in [0.25, 0.3) is 0 Å². The van der Waals surface area contributed by atoms with E-state index in [2.05, 4.69) is 4.99 Å². The standard InChI is InChI=1S/C6H11NO/c1-3-4-5-7-6(2)8/h5H,3-4H2,1-2H3. The van der Waals surface area contributed by atoms with Gasteiger partial charge in [0.05, 0.1) is 0 Å². The molecule has 0 atom stereocenters. The van der Waals surface area contributed by atoms with E-state index in [-0.39, 0.29) is 5.91 Å². The first kappa shape index (κ1) is 7.34. The number of hydrogen-bond acceptors (Lipinski definition) is 1. The molecule has 2 heteroatoms. The summed E-state index contributed by atoms with van der Waals surface area (Å²) in [4.78, 5) is 13.7. The van der Waals surface area contributed by atoms with Crippen molar-refractivity contribution in [2.45, 2.75) is 26.7 Å². The summed E-state index contributed by atoms with van der Waals surface area (Å²) in [6, 6.07) is 0. The van der Waals surface area contributed by atoms with Crippen LogP contribution in [0.4, 0.5) is 0 Å². The van der Waals surface area contributed by atoms with E-state index in [4.69, 9.17) is 0 Å². The van der Waals surface area contributed by atoms with Crippen LogP contribution in [0.15, 0.2) is 4.99 Å². The molecule has 2 nitrogen and oxygen atoms in total. The molecule has 0 saturated heterocycles. The predicted octanol–water partition coefficient (Wildman–Crippen LogP) is 1.40. The zero-order valence-electron chi connectivity index (χ0n) is 5.35. The van der Waals surface area contributed by atoms with Gasteiger partial charge in [-0.25, -0.2) is 4.99 Å². The van der Waals surface area contributed by atoms with Crippen LogP contribution in [0.1, 0.15) is 26.7 Å². The maximum absolute atomic E-state index is 10.1. The number of carbonyl (C=O) groups excluding carboxylic acids is 1. The van der Waals surface area contributed by atoms with Crippen molar-refractivity contribution in [3.63, 3.8) is 0 Å². The fourth-order valence-electron chi connectivity index (χ4n) is 0.322. The van der Waals surface area contributed by atoms with E-state index in [1.807, 2.05) is 6.92 Å². The lowest BCUT2D eigenvalue weighted by atomic mass is 10.4. The smallest absolute Gasteiger partial charge is 0.242 e. The fraction of sp³-hybridized carbons (Fsp3) is 0.667. The number of aliphatic imine (C=N–C) groups is 1. The van der Waals surface area contributed by atoms with E-state index < -0.39 is 0 Å². The van der Waals surface area contributed by atoms with Crippen molar-refractivity contribution in [2.75, 3.05) is 0 Å². The summed E-state index contributed by atoms with van der Waals surface area (Å²) < 4.78 is 0. The van der Waals surface area contributed by atoms with Gasteiger partial charge in [-0.2, -0.15) is 0 Å². The van der Waals surface area contributed by atoms with Gasteiger partial charge in [0.25, 0.3) is 0 Å². The molecule has 0 rings (SSSR count). The van der Waals surface area contributed by atoms with E-state index in [1.54, 1.807) is 6.21 Å².